The fourth-order valence-corrected chi connectivity index (χ4v) is 3.20. The normalized spacial score (nSPS) is 15.4. The molecule has 1 aromatic carbocycles. The summed E-state index contributed by atoms with van der Waals surface area (Å²) in [7, 11) is -3.85. The van der Waals surface area contributed by atoms with Crippen LogP contribution in [0.1, 0.15) is 31.9 Å². The Morgan fingerprint density at radius 2 is 1.77 bits per heavy atom. The minimum absolute atomic E-state index is 0.414. The van der Waals surface area contributed by atoms with Crippen molar-refractivity contribution in [1.29, 1.82) is 0 Å². The molecule has 0 radical (unpaired) electrons. The van der Waals surface area contributed by atoms with Crippen molar-refractivity contribution in [2.24, 2.45) is 0 Å². The minimum atomic E-state index is -3.85. The molecule has 1 aliphatic rings. The third-order valence-corrected chi connectivity index (χ3v) is 4.15. The van der Waals surface area contributed by atoms with E-state index in [1.54, 1.807) is 20.8 Å². The van der Waals surface area contributed by atoms with Gasteiger partial charge in [-0.1, -0.05) is 24.3 Å². The minimum Gasteiger partial charge on any atom is -0.444 e. The molecule has 0 unspecified atom stereocenters. The van der Waals surface area contributed by atoms with Gasteiger partial charge >= 0.3 is 6.09 Å². The lowest BCUT2D eigenvalue weighted by atomic mass is 10.1. The van der Waals surface area contributed by atoms with Crippen LogP contribution in [0.5, 0.6) is 0 Å². The second-order valence-corrected chi connectivity index (χ2v) is 7.87. The Labute approximate surface area is 130 Å². The molecule has 7 heteroatoms. The van der Waals surface area contributed by atoms with E-state index >= 15 is 0 Å². The van der Waals surface area contributed by atoms with E-state index in [1.165, 1.54) is 0 Å². The van der Waals surface area contributed by atoms with Crippen LogP contribution < -0.4 is 5.32 Å². The summed E-state index contributed by atoms with van der Waals surface area (Å²) in [5.41, 5.74) is 1.52. The molecule has 122 valence electrons. The average Bonchev–Trinajstić information content (AvgIpc) is 2.75. The van der Waals surface area contributed by atoms with E-state index in [0.717, 1.165) is 11.1 Å². The van der Waals surface area contributed by atoms with Gasteiger partial charge < -0.3 is 10.1 Å². The predicted octanol–water partition coefficient (Wildman–Crippen LogP) is 1.98. The van der Waals surface area contributed by atoms with Gasteiger partial charge in [-0.3, -0.25) is 4.18 Å². The molecular weight excluding hydrogens is 306 g/mol. The van der Waals surface area contributed by atoms with Crippen LogP contribution in [0.25, 0.3) is 0 Å². The summed E-state index contributed by atoms with van der Waals surface area (Å²) >= 11 is 0. The standard InChI is InChI=1S/C15H21NO5S/c1-15(2,3)20-14(17)16-10-22(18,19)21-13-8-11-6-4-5-7-12(11)9-13/h4-7,13H,8-10H2,1-3H3,(H,16,17). The van der Waals surface area contributed by atoms with Crippen LogP contribution >= 0.6 is 0 Å². The van der Waals surface area contributed by atoms with E-state index in [0.29, 0.717) is 12.8 Å². The average molecular weight is 327 g/mol. The number of benzene rings is 1. The van der Waals surface area contributed by atoms with Gasteiger partial charge in [-0.2, -0.15) is 8.42 Å². The SMILES string of the molecule is CC(C)(C)OC(=O)NCS(=O)(=O)OC1Cc2ccccc2C1. The van der Waals surface area contributed by atoms with Crippen LogP contribution in [0.4, 0.5) is 4.79 Å². The molecule has 0 bridgehead atoms. The summed E-state index contributed by atoms with van der Waals surface area (Å²) in [6.45, 7) is 5.11. The molecule has 0 spiro atoms. The molecular formula is C15H21NO5S. The lowest BCUT2D eigenvalue weighted by Gasteiger charge is -2.19. The summed E-state index contributed by atoms with van der Waals surface area (Å²) in [5, 5.41) is 2.20. The maximum Gasteiger partial charge on any atom is 0.408 e. The van der Waals surface area contributed by atoms with Gasteiger partial charge in [0.15, 0.2) is 0 Å². The van der Waals surface area contributed by atoms with Crippen LogP contribution in [0.15, 0.2) is 24.3 Å². The predicted molar refractivity (Wildman–Crippen MR) is 81.9 cm³/mol. The van der Waals surface area contributed by atoms with Crippen LogP contribution in [-0.4, -0.2) is 32.1 Å². The molecule has 6 nitrogen and oxygen atoms in total. The fraction of sp³-hybridized carbons (Fsp3) is 0.533. The largest absolute Gasteiger partial charge is 0.444 e. The van der Waals surface area contributed by atoms with Crippen LogP contribution in [0.2, 0.25) is 0 Å². The molecule has 1 amide bonds. The molecule has 0 aliphatic heterocycles. The Morgan fingerprint density at radius 1 is 1.23 bits per heavy atom. The highest BCUT2D eigenvalue weighted by Gasteiger charge is 2.27. The highest BCUT2D eigenvalue weighted by molar-refractivity contribution is 7.86. The van der Waals surface area contributed by atoms with Gasteiger partial charge in [0.2, 0.25) is 0 Å². The molecule has 0 fully saturated rings. The Morgan fingerprint density at radius 3 is 2.27 bits per heavy atom. The van der Waals surface area contributed by atoms with Crippen LogP contribution in [-0.2, 0) is 31.9 Å². The number of carbonyl (C=O) groups is 1. The van der Waals surface area contributed by atoms with Crippen molar-refractivity contribution < 1.29 is 22.1 Å². The molecule has 1 aromatic rings. The molecule has 0 heterocycles. The van der Waals surface area contributed by atoms with Crippen molar-refractivity contribution in [1.82, 2.24) is 5.32 Å². The van der Waals surface area contributed by atoms with Crippen LogP contribution in [0, 0.1) is 0 Å². The number of fused-ring (bicyclic) bond motifs is 1. The fourth-order valence-electron chi connectivity index (χ4n) is 2.29. The number of hydrogen-bond donors (Lipinski definition) is 1. The number of carbonyl (C=O) groups excluding carboxylic acids is 1. The number of ether oxygens (including phenoxy) is 1. The number of rotatable bonds is 4. The van der Waals surface area contributed by atoms with Gasteiger partial charge in [0.05, 0.1) is 6.10 Å². The van der Waals surface area contributed by atoms with Crippen molar-refractivity contribution in [2.45, 2.75) is 45.3 Å². The van der Waals surface area contributed by atoms with Gasteiger partial charge in [-0.15, -0.1) is 0 Å². The summed E-state index contributed by atoms with van der Waals surface area (Å²) in [6.07, 6.45) is -0.0823. The third kappa shape index (κ3) is 4.99. The van der Waals surface area contributed by atoms with E-state index < -0.39 is 33.8 Å². The first-order valence-corrected chi connectivity index (χ1v) is 8.67. The first-order chi connectivity index (χ1) is 10.1. The molecule has 0 saturated heterocycles. The third-order valence-electron chi connectivity index (χ3n) is 3.09. The highest BCUT2D eigenvalue weighted by atomic mass is 32.2. The number of nitrogens with one attached hydrogen (secondary N) is 1. The van der Waals surface area contributed by atoms with Crippen molar-refractivity contribution in [3.63, 3.8) is 0 Å². The molecule has 0 aromatic heterocycles. The highest BCUT2D eigenvalue weighted by Crippen LogP contribution is 2.24. The Balaban J connectivity index is 1.84. The Bertz CT molecular complexity index is 623. The van der Waals surface area contributed by atoms with Gasteiger partial charge in [-0.25, -0.2) is 4.79 Å². The quantitative estimate of drug-likeness (QED) is 0.855. The summed E-state index contributed by atoms with van der Waals surface area (Å²) in [6, 6.07) is 7.76. The Hall–Kier alpha value is -1.60. The molecule has 2 rings (SSSR count). The molecule has 0 atom stereocenters. The monoisotopic (exact) mass is 327 g/mol. The molecule has 1 N–H and O–H groups in total. The zero-order valence-electron chi connectivity index (χ0n) is 13.0. The molecule has 22 heavy (non-hydrogen) atoms. The second-order valence-electron chi connectivity index (χ2n) is 6.28. The maximum absolute atomic E-state index is 11.9. The summed E-state index contributed by atoms with van der Waals surface area (Å²) < 4.78 is 34.0. The molecule has 1 aliphatic carbocycles. The van der Waals surface area contributed by atoms with Crippen molar-refractivity contribution in [2.75, 3.05) is 5.88 Å². The topological polar surface area (TPSA) is 81.7 Å². The summed E-state index contributed by atoms with van der Waals surface area (Å²) in [4.78, 5) is 11.5. The van der Waals surface area contributed by atoms with Gasteiger partial charge in [0, 0.05) is 12.8 Å². The van der Waals surface area contributed by atoms with E-state index in [9.17, 15) is 13.2 Å². The second kappa shape index (κ2) is 6.26. The van der Waals surface area contributed by atoms with Crippen LogP contribution in [0.3, 0.4) is 0 Å². The van der Waals surface area contributed by atoms with Crippen molar-refractivity contribution in [3.05, 3.63) is 35.4 Å². The zero-order valence-corrected chi connectivity index (χ0v) is 13.8. The number of hydrogen-bond acceptors (Lipinski definition) is 5. The van der Waals surface area contributed by atoms with E-state index in [4.69, 9.17) is 8.92 Å². The van der Waals surface area contributed by atoms with Crippen molar-refractivity contribution >= 4 is 16.2 Å². The lowest BCUT2D eigenvalue weighted by molar-refractivity contribution is 0.0534. The molecule has 0 saturated carbocycles. The van der Waals surface area contributed by atoms with E-state index in [-0.39, 0.29) is 0 Å². The number of amides is 1. The Kier molecular flexibility index (Phi) is 4.77. The van der Waals surface area contributed by atoms with Gasteiger partial charge in [0.25, 0.3) is 10.1 Å². The first kappa shape index (κ1) is 16.8. The number of alkyl carbamates (subject to hydrolysis) is 1. The van der Waals surface area contributed by atoms with E-state index in [1.807, 2.05) is 24.3 Å². The van der Waals surface area contributed by atoms with Gasteiger partial charge in [-0.05, 0) is 31.9 Å². The smallest absolute Gasteiger partial charge is 0.408 e. The van der Waals surface area contributed by atoms with E-state index in [2.05, 4.69) is 5.32 Å². The zero-order chi connectivity index (χ0) is 16.4. The maximum atomic E-state index is 11.9. The van der Waals surface area contributed by atoms with Crippen molar-refractivity contribution in [3.8, 4) is 0 Å². The van der Waals surface area contributed by atoms with Gasteiger partial charge in [0.1, 0.15) is 11.5 Å². The summed E-state index contributed by atoms with van der Waals surface area (Å²) in [5.74, 6) is -0.602. The first-order valence-electron chi connectivity index (χ1n) is 7.09. The lowest BCUT2D eigenvalue weighted by Crippen LogP contribution is -2.36.